The van der Waals surface area contributed by atoms with Gasteiger partial charge in [-0.05, 0) is 45.1 Å². The Balaban J connectivity index is 1.85. The quantitative estimate of drug-likeness (QED) is 0.767. The fourth-order valence-electron chi connectivity index (χ4n) is 3.58. The highest BCUT2D eigenvalue weighted by Gasteiger charge is 2.32. The monoisotopic (exact) mass is 210 g/mol. The molecule has 2 heteroatoms. The molecule has 0 aromatic rings. The number of nitrogens with one attached hydrogen (secondary N) is 1. The van der Waals surface area contributed by atoms with Crippen LogP contribution in [0.3, 0.4) is 0 Å². The van der Waals surface area contributed by atoms with Crippen LogP contribution >= 0.6 is 0 Å². The lowest BCUT2D eigenvalue weighted by atomic mass is 10.0. The number of hydrogen-bond acceptors (Lipinski definition) is 2. The van der Waals surface area contributed by atoms with Gasteiger partial charge in [-0.2, -0.15) is 0 Å². The van der Waals surface area contributed by atoms with E-state index in [2.05, 4.69) is 31.1 Å². The maximum absolute atomic E-state index is 3.49. The summed E-state index contributed by atoms with van der Waals surface area (Å²) in [6, 6.07) is 1.60. The minimum atomic E-state index is 0.785. The van der Waals surface area contributed by atoms with Crippen molar-refractivity contribution in [2.45, 2.75) is 51.6 Å². The Kier molecular flexibility index (Phi) is 3.68. The molecule has 1 aliphatic carbocycles. The summed E-state index contributed by atoms with van der Waals surface area (Å²) in [4.78, 5) is 2.71. The molecule has 1 N–H and O–H groups in total. The summed E-state index contributed by atoms with van der Waals surface area (Å²) >= 11 is 0. The minimum absolute atomic E-state index is 0.785. The van der Waals surface area contributed by atoms with Crippen molar-refractivity contribution in [1.82, 2.24) is 10.2 Å². The van der Waals surface area contributed by atoms with Crippen LogP contribution in [0, 0.1) is 11.8 Å². The van der Waals surface area contributed by atoms with Gasteiger partial charge in [-0.3, -0.25) is 0 Å². The Morgan fingerprint density at radius 1 is 1.27 bits per heavy atom. The van der Waals surface area contributed by atoms with Gasteiger partial charge in [-0.1, -0.05) is 13.3 Å². The van der Waals surface area contributed by atoms with Crippen LogP contribution in [0.15, 0.2) is 0 Å². The maximum atomic E-state index is 3.49. The largest absolute Gasteiger partial charge is 0.317 e. The SMILES string of the molecule is CNC1CCCC1CN1CC(C)CC1C. The normalized spacial score (nSPS) is 42.6. The molecule has 0 bridgehead atoms. The smallest absolute Gasteiger partial charge is 0.0104 e. The zero-order valence-electron chi connectivity index (χ0n) is 10.5. The number of hydrogen-bond donors (Lipinski definition) is 1. The van der Waals surface area contributed by atoms with Crippen LogP contribution < -0.4 is 5.32 Å². The average Bonchev–Trinajstić information content (AvgIpc) is 2.74. The molecule has 4 unspecified atom stereocenters. The Labute approximate surface area is 94.4 Å². The maximum Gasteiger partial charge on any atom is 0.0104 e. The first kappa shape index (κ1) is 11.4. The predicted molar refractivity (Wildman–Crippen MR) is 65.0 cm³/mol. The van der Waals surface area contributed by atoms with Crippen molar-refractivity contribution >= 4 is 0 Å². The molecule has 1 heterocycles. The van der Waals surface area contributed by atoms with Crippen LogP contribution in [0.4, 0.5) is 0 Å². The van der Waals surface area contributed by atoms with Gasteiger partial charge in [0.2, 0.25) is 0 Å². The third kappa shape index (κ3) is 2.54. The summed E-state index contributed by atoms with van der Waals surface area (Å²) in [6.07, 6.45) is 5.65. The predicted octanol–water partition coefficient (Wildman–Crippen LogP) is 2.10. The molecule has 15 heavy (non-hydrogen) atoms. The second-order valence-corrected chi connectivity index (χ2v) is 5.73. The summed E-state index contributed by atoms with van der Waals surface area (Å²) in [5, 5.41) is 3.49. The lowest BCUT2D eigenvalue weighted by Crippen LogP contribution is -2.39. The van der Waals surface area contributed by atoms with Gasteiger partial charge in [0, 0.05) is 25.2 Å². The summed E-state index contributed by atoms with van der Waals surface area (Å²) < 4.78 is 0. The average molecular weight is 210 g/mol. The molecule has 0 spiro atoms. The number of rotatable bonds is 3. The zero-order chi connectivity index (χ0) is 10.8. The highest BCUT2D eigenvalue weighted by molar-refractivity contribution is 4.88. The molecule has 2 aliphatic rings. The lowest BCUT2D eigenvalue weighted by Gasteiger charge is -2.28. The molecule has 2 nitrogen and oxygen atoms in total. The summed E-state index contributed by atoms with van der Waals surface area (Å²) in [5.74, 6) is 1.82. The van der Waals surface area contributed by atoms with Crippen LogP contribution in [0.1, 0.15) is 39.5 Å². The van der Waals surface area contributed by atoms with E-state index >= 15 is 0 Å². The molecule has 4 atom stereocenters. The fourth-order valence-corrected chi connectivity index (χ4v) is 3.58. The second-order valence-electron chi connectivity index (χ2n) is 5.73. The van der Waals surface area contributed by atoms with E-state index in [4.69, 9.17) is 0 Å². The molecule has 0 amide bonds. The van der Waals surface area contributed by atoms with E-state index in [0.29, 0.717) is 0 Å². The van der Waals surface area contributed by atoms with Gasteiger partial charge in [-0.15, -0.1) is 0 Å². The highest BCUT2D eigenvalue weighted by Crippen LogP contribution is 2.30. The third-order valence-electron chi connectivity index (χ3n) is 4.41. The molecule has 88 valence electrons. The summed E-state index contributed by atoms with van der Waals surface area (Å²) in [7, 11) is 2.12. The Morgan fingerprint density at radius 3 is 2.67 bits per heavy atom. The van der Waals surface area contributed by atoms with E-state index < -0.39 is 0 Å². The van der Waals surface area contributed by atoms with Crippen LogP contribution in [0.25, 0.3) is 0 Å². The number of likely N-dealkylation sites (tertiary alicyclic amines) is 1. The first-order valence-corrected chi connectivity index (χ1v) is 6.62. The third-order valence-corrected chi connectivity index (χ3v) is 4.41. The van der Waals surface area contributed by atoms with Gasteiger partial charge in [0.1, 0.15) is 0 Å². The van der Waals surface area contributed by atoms with Crippen molar-refractivity contribution in [3.05, 3.63) is 0 Å². The van der Waals surface area contributed by atoms with Gasteiger partial charge < -0.3 is 10.2 Å². The highest BCUT2D eigenvalue weighted by atomic mass is 15.2. The van der Waals surface area contributed by atoms with Crippen molar-refractivity contribution in [3.8, 4) is 0 Å². The van der Waals surface area contributed by atoms with Gasteiger partial charge in [0.25, 0.3) is 0 Å². The lowest BCUT2D eigenvalue weighted by molar-refractivity contribution is 0.208. The Morgan fingerprint density at radius 2 is 2.07 bits per heavy atom. The van der Waals surface area contributed by atoms with Crippen molar-refractivity contribution in [1.29, 1.82) is 0 Å². The molecule has 1 saturated heterocycles. The second kappa shape index (κ2) is 4.84. The van der Waals surface area contributed by atoms with Gasteiger partial charge >= 0.3 is 0 Å². The Hall–Kier alpha value is -0.0800. The molecule has 0 aromatic carbocycles. The molecule has 2 rings (SSSR count). The summed E-state index contributed by atoms with van der Waals surface area (Å²) in [6.45, 7) is 7.44. The van der Waals surface area contributed by atoms with Crippen LogP contribution in [0.2, 0.25) is 0 Å². The van der Waals surface area contributed by atoms with E-state index in [1.807, 2.05) is 0 Å². The van der Waals surface area contributed by atoms with Crippen molar-refractivity contribution in [3.63, 3.8) is 0 Å². The van der Waals surface area contributed by atoms with Crippen molar-refractivity contribution in [2.24, 2.45) is 11.8 Å². The molecule has 0 radical (unpaired) electrons. The number of nitrogens with zero attached hydrogens (tertiary/aromatic N) is 1. The van der Waals surface area contributed by atoms with E-state index in [-0.39, 0.29) is 0 Å². The van der Waals surface area contributed by atoms with Gasteiger partial charge in [0.15, 0.2) is 0 Å². The fraction of sp³-hybridized carbons (Fsp3) is 1.00. The molecule has 0 aromatic heterocycles. The Bertz CT molecular complexity index is 205. The van der Waals surface area contributed by atoms with Gasteiger partial charge in [-0.25, -0.2) is 0 Å². The van der Waals surface area contributed by atoms with E-state index in [1.54, 1.807) is 0 Å². The van der Waals surface area contributed by atoms with Crippen molar-refractivity contribution < 1.29 is 0 Å². The van der Waals surface area contributed by atoms with E-state index in [9.17, 15) is 0 Å². The van der Waals surface area contributed by atoms with Crippen LogP contribution in [-0.4, -0.2) is 37.1 Å². The minimum Gasteiger partial charge on any atom is -0.317 e. The molecular weight excluding hydrogens is 184 g/mol. The van der Waals surface area contributed by atoms with E-state index in [0.717, 1.165) is 23.9 Å². The summed E-state index contributed by atoms with van der Waals surface area (Å²) in [5.41, 5.74) is 0. The van der Waals surface area contributed by atoms with E-state index in [1.165, 1.54) is 38.8 Å². The first-order valence-electron chi connectivity index (χ1n) is 6.62. The zero-order valence-corrected chi connectivity index (χ0v) is 10.5. The molecular formula is C13H26N2. The van der Waals surface area contributed by atoms with Gasteiger partial charge in [0.05, 0.1) is 0 Å². The molecule has 2 fully saturated rings. The van der Waals surface area contributed by atoms with Crippen molar-refractivity contribution in [2.75, 3.05) is 20.1 Å². The molecule has 1 aliphatic heterocycles. The van der Waals surface area contributed by atoms with Crippen LogP contribution in [0.5, 0.6) is 0 Å². The first-order chi connectivity index (χ1) is 7.20. The molecule has 1 saturated carbocycles. The standard InChI is InChI=1S/C13H26N2/c1-10-7-11(2)15(8-10)9-12-5-4-6-13(12)14-3/h10-14H,4-9H2,1-3H3. The topological polar surface area (TPSA) is 15.3 Å². The van der Waals surface area contributed by atoms with Crippen LogP contribution in [-0.2, 0) is 0 Å².